The van der Waals surface area contributed by atoms with Crippen molar-refractivity contribution in [2.24, 2.45) is 0 Å². The van der Waals surface area contributed by atoms with Crippen molar-refractivity contribution in [3.8, 4) is 0 Å². The van der Waals surface area contributed by atoms with E-state index in [1.807, 2.05) is 42.8 Å². The average molecular weight is 502 g/mol. The van der Waals surface area contributed by atoms with E-state index in [0.29, 0.717) is 12.1 Å². The van der Waals surface area contributed by atoms with E-state index >= 15 is 0 Å². The van der Waals surface area contributed by atoms with Gasteiger partial charge in [0.2, 0.25) is 0 Å². The van der Waals surface area contributed by atoms with Gasteiger partial charge in [-0.25, -0.2) is 0 Å². The number of hydrogen-bond donors (Lipinski definition) is 0. The summed E-state index contributed by atoms with van der Waals surface area (Å²) in [4.78, 5) is 0. The van der Waals surface area contributed by atoms with E-state index in [2.05, 4.69) is 57.7 Å². The van der Waals surface area contributed by atoms with E-state index < -0.39 is 0 Å². The molecule has 0 saturated carbocycles. The maximum Gasteiger partial charge on any atom is 2.00 e. The van der Waals surface area contributed by atoms with E-state index in [0.717, 1.165) is 25.2 Å². The quantitative estimate of drug-likeness (QED) is 0.315. The molecule has 5 aliphatic heterocycles. The predicted molar refractivity (Wildman–Crippen MR) is 127 cm³/mol. The molecule has 0 radical (unpaired) electrons. The van der Waals surface area contributed by atoms with Crippen molar-refractivity contribution in [2.75, 3.05) is 13.1 Å². The summed E-state index contributed by atoms with van der Waals surface area (Å²) in [5, 5.41) is 22.8. The summed E-state index contributed by atoms with van der Waals surface area (Å²) in [5.74, 6) is 0. The van der Waals surface area contributed by atoms with Crippen LogP contribution in [-0.2, 0) is 19.5 Å². The van der Waals surface area contributed by atoms with Crippen molar-refractivity contribution in [3.05, 3.63) is 112 Å². The largest absolute Gasteiger partial charge is 2.00 e. The maximum atomic E-state index is 4.75. The van der Waals surface area contributed by atoms with Crippen LogP contribution in [0.1, 0.15) is 25.7 Å². The molecule has 0 aliphatic carbocycles. The first-order valence-electron chi connectivity index (χ1n) is 11.1. The van der Waals surface area contributed by atoms with Crippen LogP contribution >= 0.6 is 0 Å². The van der Waals surface area contributed by atoms with Gasteiger partial charge in [-0.15, -0.1) is 55.5 Å². The van der Waals surface area contributed by atoms with Crippen molar-refractivity contribution in [1.82, 2.24) is 0 Å². The van der Waals surface area contributed by atoms with E-state index in [9.17, 15) is 0 Å². The van der Waals surface area contributed by atoms with Crippen molar-refractivity contribution < 1.29 is 19.5 Å². The first-order chi connectivity index (χ1) is 14.9. The molecule has 5 heterocycles. The second kappa shape index (κ2) is 12.9. The van der Waals surface area contributed by atoms with Gasteiger partial charge in [0.05, 0.1) is 0 Å². The third-order valence-corrected chi connectivity index (χ3v) is 5.66. The Morgan fingerprint density at radius 2 is 1.55 bits per heavy atom. The minimum Gasteiger partial charge on any atom is -0.685 e. The number of hydrogen-bond acceptors (Lipinski definition) is 0. The number of nitrogens with zero attached hydrogens (tertiary/aromatic N) is 5. The smallest absolute Gasteiger partial charge is 0.685 e. The van der Waals surface area contributed by atoms with Gasteiger partial charge in [0.1, 0.15) is 0 Å². The first-order valence-corrected chi connectivity index (χ1v) is 11.1. The summed E-state index contributed by atoms with van der Waals surface area (Å²) in [6, 6.07) is 1.17. The van der Waals surface area contributed by atoms with E-state index in [1.54, 1.807) is 0 Å². The van der Waals surface area contributed by atoms with Crippen LogP contribution in [0.4, 0.5) is 0 Å². The van der Waals surface area contributed by atoms with Gasteiger partial charge in [0, 0.05) is 0 Å². The molecular formula is C25H30N5Ru-3. The summed E-state index contributed by atoms with van der Waals surface area (Å²) in [7, 11) is 0. The van der Waals surface area contributed by atoms with Gasteiger partial charge < -0.3 is 26.6 Å². The minimum absolute atomic E-state index is 0. The average Bonchev–Trinajstić information content (AvgIpc) is 2.87. The molecule has 1 saturated heterocycles. The van der Waals surface area contributed by atoms with Gasteiger partial charge in [-0.3, -0.25) is 0 Å². The third-order valence-electron chi connectivity index (χ3n) is 5.66. The second-order valence-corrected chi connectivity index (χ2v) is 7.87. The van der Waals surface area contributed by atoms with Gasteiger partial charge in [-0.1, -0.05) is 80.3 Å². The van der Waals surface area contributed by atoms with Crippen LogP contribution in [-0.4, -0.2) is 43.3 Å². The topological polar surface area (TPSA) is 70.5 Å². The molecule has 0 amide bonds. The van der Waals surface area contributed by atoms with Gasteiger partial charge >= 0.3 is 19.5 Å². The van der Waals surface area contributed by atoms with Crippen LogP contribution in [0.25, 0.3) is 26.6 Å². The van der Waals surface area contributed by atoms with Crippen molar-refractivity contribution >= 4 is 0 Å². The van der Waals surface area contributed by atoms with Crippen LogP contribution in [0.2, 0.25) is 0 Å². The number of piperidine rings is 1. The van der Waals surface area contributed by atoms with E-state index in [1.165, 1.54) is 19.3 Å². The molecule has 31 heavy (non-hydrogen) atoms. The summed E-state index contributed by atoms with van der Waals surface area (Å²) >= 11 is 0. The molecule has 0 spiro atoms. The van der Waals surface area contributed by atoms with Crippen LogP contribution in [0.5, 0.6) is 0 Å². The molecule has 0 aromatic heterocycles. The first kappa shape index (κ1) is 23.8. The molecule has 0 aromatic carbocycles. The Labute approximate surface area is 199 Å². The van der Waals surface area contributed by atoms with Crippen LogP contribution < -0.4 is 0 Å². The molecule has 0 N–H and O–H groups in total. The molecule has 5 unspecified atom stereocenters. The standard InChI is InChI=1S/C15H14N3.C10H16N2.Ru/c1-3-10-16-12(6-1)14-8-5-9-15(18-14)13-7-2-4-11-17-13;1-3-7-11-9(5-1)10-6-2-4-8-12-10;/h1-14H;1,5,9-10H,2-4,6-8H2;/q-3;-2;+2. The molecule has 0 bridgehead atoms. The Bertz CT molecular complexity index is 758. The second-order valence-electron chi connectivity index (χ2n) is 7.87. The zero-order valence-corrected chi connectivity index (χ0v) is 19.5. The Hall–Kier alpha value is -1.88. The molecule has 1 fully saturated rings. The maximum absolute atomic E-state index is 4.75. The van der Waals surface area contributed by atoms with E-state index in [-0.39, 0.29) is 37.6 Å². The zero-order chi connectivity index (χ0) is 20.4. The fourth-order valence-corrected chi connectivity index (χ4v) is 4.04. The molecule has 5 aliphatic rings. The molecule has 5 atom stereocenters. The Balaban J connectivity index is 0.000000183. The molecule has 5 rings (SSSR count). The van der Waals surface area contributed by atoms with E-state index in [4.69, 9.17) is 5.32 Å². The Morgan fingerprint density at radius 1 is 0.710 bits per heavy atom. The van der Waals surface area contributed by atoms with Crippen molar-refractivity contribution in [1.29, 1.82) is 0 Å². The van der Waals surface area contributed by atoms with Gasteiger partial charge in [-0.05, 0) is 0 Å². The van der Waals surface area contributed by atoms with Gasteiger partial charge in [0.25, 0.3) is 0 Å². The molecule has 5 nitrogen and oxygen atoms in total. The van der Waals surface area contributed by atoms with Crippen LogP contribution in [0.3, 0.4) is 0 Å². The Morgan fingerprint density at radius 3 is 2.23 bits per heavy atom. The normalized spacial score (nSPS) is 33.0. The molecule has 166 valence electrons. The van der Waals surface area contributed by atoms with Crippen LogP contribution in [0.15, 0.2) is 84.9 Å². The summed E-state index contributed by atoms with van der Waals surface area (Å²) < 4.78 is 0. The monoisotopic (exact) mass is 502 g/mol. The summed E-state index contributed by atoms with van der Waals surface area (Å²) in [6.45, 7) is 2.07. The van der Waals surface area contributed by atoms with Gasteiger partial charge in [0.15, 0.2) is 0 Å². The summed E-state index contributed by atoms with van der Waals surface area (Å²) in [5.41, 5.74) is 1.00. The van der Waals surface area contributed by atoms with Crippen LogP contribution in [0, 0.1) is 0 Å². The SMILES string of the molecule is C1=CC(C2CCCC[N-]2)[N-]CC1.C1=C[N-]C(C2=CC=CC(C3C=CC=C[N-]3)[N-]2)C=C1.[Ru+2]. The molecule has 6 heteroatoms. The molecular weight excluding hydrogens is 471 g/mol. The number of allylic oxidation sites excluding steroid dienone is 6. The summed E-state index contributed by atoms with van der Waals surface area (Å²) in [6.07, 6.45) is 31.3. The Kier molecular flexibility index (Phi) is 9.86. The third kappa shape index (κ3) is 7.06. The fraction of sp³-hybridized carbons (Fsp3) is 0.440. The van der Waals surface area contributed by atoms with Gasteiger partial charge in [-0.2, -0.15) is 18.1 Å². The van der Waals surface area contributed by atoms with Crippen molar-refractivity contribution in [3.63, 3.8) is 0 Å². The van der Waals surface area contributed by atoms with Crippen molar-refractivity contribution in [2.45, 2.75) is 55.9 Å². The number of rotatable bonds is 3. The predicted octanol–water partition coefficient (Wildman–Crippen LogP) is 6.45. The molecule has 0 aromatic rings. The zero-order valence-electron chi connectivity index (χ0n) is 17.7. The fourth-order valence-electron chi connectivity index (χ4n) is 4.04. The minimum atomic E-state index is 0.